The Balaban J connectivity index is 2.07. The van der Waals surface area contributed by atoms with E-state index < -0.39 is 11.8 Å². The number of hydrogen-bond acceptors (Lipinski definition) is 3. The minimum atomic E-state index is -0.922. The number of nitrogens with one attached hydrogen (secondary N) is 1. The second kappa shape index (κ2) is 6.60. The van der Waals surface area contributed by atoms with Crippen LogP contribution in [0.3, 0.4) is 0 Å². The van der Waals surface area contributed by atoms with Crippen molar-refractivity contribution in [1.29, 1.82) is 0 Å². The molecule has 6 heteroatoms. The van der Waals surface area contributed by atoms with Crippen molar-refractivity contribution in [3.63, 3.8) is 0 Å². The van der Waals surface area contributed by atoms with Gasteiger partial charge in [0.15, 0.2) is 0 Å². The molecular formula is C16H21N3O3. The molecule has 1 aliphatic rings. The second-order valence-corrected chi connectivity index (χ2v) is 5.73. The predicted molar refractivity (Wildman–Crippen MR) is 81.1 cm³/mol. The molecule has 1 aliphatic heterocycles. The van der Waals surface area contributed by atoms with Crippen molar-refractivity contribution in [1.82, 2.24) is 15.3 Å². The lowest BCUT2D eigenvalue weighted by Gasteiger charge is -2.27. The van der Waals surface area contributed by atoms with Crippen molar-refractivity contribution in [3.8, 4) is 0 Å². The Morgan fingerprint density at radius 1 is 1.27 bits per heavy atom. The Morgan fingerprint density at radius 2 is 1.91 bits per heavy atom. The van der Waals surface area contributed by atoms with E-state index in [-0.39, 0.29) is 24.3 Å². The molecule has 2 rings (SSSR count). The van der Waals surface area contributed by atoms with Crippen molar-refractivity contribution < 1.29 is 14.4 Å². The summed E-state index contributed by atoms with van der Waals surface area (Å²) in [6.45, 7) is 4.31. The van der Waals surface area contributed by atoms with Crippen molar-refractivity contribution in [2.24, 2.45) is 5.92 Å². The standard InChI is InChI=1S/C16H21N3O3/c1-11(2)19(10-12-7-5-4-6-8-12)14(20)9-13-15(21)17-18(3)16(13)22/h4-8,11,13H,9-10H2,1-3H3,(H,17,21). The lowest BCUT2D eigenvalue weighted by atomic mass is 10.0. The van der Waals surface area contributed by atoms with Gasteiger partial charge < -0.3 is 4.90 Å². The van der Waals surface area contributed by atoms with Crippen LogP contribution in [0.1, 0.15) is 25.8 Å². The molecule has 0 aliphatic carbocycles. The Labute approximate surface area is 130 Å². The van der Waals surface area contributed by atoms with E-state index in [2.05, 4.69) is 5.43 Å². The molecule has 0 radical (unpaired) electrons. The summed E-state index contributed by atoms with van der Waals surface area (Å²) < 4.78 is 0. The zero-order valence-electron chi connectivity index (χ0n) is 13.1. The first-order chi connectivity index (χ1) is 10.4. The Bertz CT molecular complexity index is 571. The normalized spacial score (nSPS) is 17.8. The summed E-state index contributed by atoms with van der Waals surface area (Å²) in [5, 5.41) is 1.14. The average molecular weight is 303 g/mol. The Kier molecular flexibility index (Phi) is 4.80. The largest absolute Gasteiger partial charge is 0.336 e. The van der Waals surface area contributed by atoms with Crippen molar-refractivity contribution >= 4 is 17.7 Å². The van der Waals surface area contributed by atoms with Gasteiger partial charge in [0.1, 0.15) is 5.92 Å². The summed E-state index contributed by atoms with van der Waals surface area (Å²) in [6.07, 6.45) is -0.0972. The van der Waals surface area contributed by atoms with Gasteiger partial charge in [-0.1, -0.05) is 30.3 Å². The molecular weight excluding hydrogens is 282 g/mol. The van der Waals surface area contributed by atoms with Gasteiger partial charge >= 0.3 is 0 Å². The van der Waals surface area contributed by atoms with Gasteiger partial charge in [0.25, 0.3) is 11.8 Å². The van der Waals surface area contributed by atoms with Crippen molar-refractivity contribution in [2.45, 2.75) is 32.9 Å². The average Bonchev–Trinajstić information content (AvgIpc) is 2.72. The number of nitrogens with zero attached hydrogens (tertiary/aromatic N) is 2. The third-order valence-corrected chi connectivity index (χ3v) is 3.74. The van der Waals surface area contributed by atoms with Crippen LogP contribution < -0.4 is 5.43 Å². The zero-order chi connectivity index (χ0) is 16.3. The van der Waals surface area contributed by atoms with E-state index in [1.54, 1.807) is 4.90 Å². The van der Waals surface area contributed by atoms with Gasteiger partial charge in [-0.2, -0.15) is 0 Å². The minimum Gasteiger partial charge on any atom is -0.336 e. The molecule has 22 heavy (non-hydrogen) atoms. The molecule has 1 aromatic carbocycles. The van der Waals surface area contributed by atoms with Gasteiger partial charge in [0.2, 0.25) is 5.91 Å². The third kappa shape index (κ3) is 3.44. The smallest absolute Gasteiger partial charge is 0.253 e. The van der Waals surface area contributed by atoms with Gasteiger partial charge in [-0.25, -0.2) is 0 Å². The van der Waals surface area contributed by atoms with E-state index in [0.29, 0.717) is 6.54 Å². The number of rotatable bonds is 5. The molecule has 3 amide bonds. The summed E-state index contributed by atoms with van der Waals surface area (Å²) in [7, 11) is 1.48. The topological polar surface area (TPSA) is 69.7 Å². The van der Waals surface area contributed by atoms with Gasteiger partial charge in [-0.05, 0) is 19.4 Å². The highest BCUT2D eigenvalue weighted by atomic mass is 16.2. The molecule has 1 unspecified atom stereocenters. The fourth-order valence-electron chi connectivity index (χ4n) is 2.45. The molecule has 0 spiro atoms. The number of hydrazine groups is 1. The maximum absolute atomic E-state index is 12.5. The number of carbonyl (C=O) groups is 3. The summed E-state index contributed by atoms with van der Waals surface area (Å²) in [5.41, 5.74) is 3.43. The van der Waals surface area contributed by atoms with Crippen LogP contribution in [0.2, 0.25) is 0 Å². The molecule has 1 heterocycles. The SMILES string of the molecule is CC(C)N(Cc1ccccc1)C(=O)CC1C(=O)NN(C)C1=O. The summed E-state index contributed by atoms with van der Waals surface area (Å²) in [5.74, 6) is -1.89. The van der Waals surface area contributed by atoms with Crippen molar-refractivity contribution in [2.75, 3.05) is 7.05 Å². The van der Waals surface area contributed by atoms with Gasteiger partial charge in [0, 0.05) is 26.1 Å². The number of hydrogen-bond donors (Lipinski definition) is 1. The lowest BCUT2D eigenvalue weighted by molar-refractivity contribution is -0.141. The van der Waals surface area contributed by atoms with E-state index in [9.17, 15) is 14.4 Å². The van der Waals surface area contributed by atoms with E-state index in [0.717, 1.165) is 10.6 Å². The fourth-order valence-corrected chi connectivity index (χ4v) is 2.45. The molecule has 118 valence electrons. The summed E-state index contributed by atoms with van der Waals surface area (Å²) in [6, 6.07) is 9.64. The van der Waals surface area contributed by atoms with Crippen LogP contribution in [0, 0.1) is 5.92 Å². The van der Waals surface area contributed by atoms with Crippen LogP contribution in [0.25, 0.3) is 0 Å². The van der Waals surface area contributed by atoms with Gasteiger partial charge in [-0.15, -0.1) is 0 Å². The molecule has 1 N–H and O–H groups in total. The van der Waals surface area contributed by atoms with Crippen LogP contribution >= 0.6 is 0 Å². The van der Waals surface area contributed by atoms with Crippen molar-refractivity contribution in [3.05, 3.63) is 35.9 Å². The molecule has 6 nitrogen and oxygen atoms in total. The molecule has 0 saturated carbocycles. The molecule has 0 bridgehead atoms. The van der Waals surface area contributed by atoms with Gasteiger partial charge in [-0.3, -0.25) is 24.8 Å². The first kappa shape index (κ1) is 16.0. The Morgan fingerprint density at radius 3 is 2.41 bits per heavy atom. The molecule has 1 aromatic rings. The number of amides is 3. The lowest BCUT2D eigenvalue weighted by Crippen LogP contribution is -2.39. The monoisotopic (exact) mass is 303 g/mol. The van der Waals surface area contributed by atoms with Gasteiger partial charge in [0.05, 0.1) is 0 Å². The maximum atomic E-state index is 12.5. The van der Waals surface area contributed by atoms with E-state index in [1.807, 2.05) is 44.2 Å². The van der Waals surface area contributed by atoms with Crippen LogP contribution in [-0.2, 0) is 20.9 Å². The zero-order valence-corrected chi connectivity index (χ0v) is 13.1. The summed E-state index contributed by atoms with van der Waals surface area (Å²) >= 11 is 0. The highest BCUT2D eigenvalue weighted by Crippen LogP contribution is 2.17. The number of carbonyl (C=O) groups excluding carboxylic acids is 3. The fraction of sp³-hybridized carbons (Fsp3) is 0.438. The predicted octanol–water partition coefficient (Wildman–Crippen LogP) is 0.933. The maximum Gasteiger partial charge on any atom is 0.253 e. The highest BCUT2D eigenvalue weighted by molar-refractivity contribution is 6.07. The highest BCUT2D eigenvalue weighted by Gasteiger charge is 2.39. The number of benzene rings is 1. The first-order valence-electron chi connectivity index (χ1n) is 7.31. The molecule has 1 saturated heterocycles. The van der Waals surface area contributed by atoms with E-state index in [4.69, 9.17) is 0 Å². The molecule has 1 fully saturated rings. The molecule has 0 aromatic heterocycles. The van der Waals surface area contributed by atoms with Crippen LogP contribution in [0.15, 0.2) is 30.3 Å². The van der Waals surface area contributed by atoms with Crippen LogP contribution in [0.4, 0.5) is 0 Å². The van der Waals surface area contributed by atoms with Crippen LogP contribution in [0.5, 0.6) is 0 Å². The minimum absolute atomic E-state index is 0.00926. The second-order valence-electron chi connectivity index (χ2n) is 5.73. The third-order valence-electron chi connectivity index (χ3n) is 3.74. The van der Waals surface area contributed by atoms with E-state index >= 15 is 0 Å². The van der Waals surface area contributed by atoms with Crippen LogP contribution in [-0.4, -0.2) is 40.7 Å². The quantitative estimate of drug-likeness (QED) is 0.823. The molecule has 1 atom stereocenters. The first-order valence-corrected chi connectivity index (χ1v) is 7.31. The Hall–Kier alpha value is -2.37. The van der Waals surface area contributed by atoms with E-state index in [1.165, 1.54) is 7.05 Å². The summed E-state index contributed by atoms with van der Waals surface area (Å²) in [4.78, 5) is 37.8.